The second-order valence-electron chi connectivity index (χ2n) is 7.49. The van der Waals surface area contributed by atoms with Crippen LogP contribution in [0.25, 0.3) is 5.69 Å². The van der Waals surface area contributed by atoms with E-state index >= 15 is 0 Å². The molecule has 0 spiro atoms. The molecule has 14 heteroatoms. The quantitative estimate of drug-likeness (QED) is 0.223. The van der Waals surface area contributed by atoms with Crippen molar-refractivity contribution in [3.05, 3.63) is 74.7 Å². The Morgan fingerprint density at radius 1 is 1.08 bits per heavy atom. The number of fused-ring (bicyclic) bond motifs is 1. The zero-order valence-electron chi connectivity index (χ0n) is 17.8. The molecule has 3 aromatic rings. The second kappa shape index (κ2) is 10.0. The zero-order valence-corrected chi connectivity index (χ0v) is 20.2. The van der Waals surface area contributed by atoms with Gasteiger partial charge in [0.05, 0.1) is 43.9 Å². The van der Waals surface area contributed by atoms with E-state index in [0.717, 1.165) is 46.7 Å². The molecule has 2 aromatic carbocycles. The third-order valence-corrected chi connectivity index (χ3v) is 7.37. The van der Waals surface area contributed by atoms with Crippen LogP contribution in [0.5, 0.6) is 0 Å². The van der Waals surface area contributed by atoms with Gasteiger partial charge >= 0.3 is 12.4 Å². The van der Waals surface area contributed by atoms with Crippen molar-refractivity contribution in [2.45, 2.75) is 28.8 Å². The van der Waals surface area contributed by atoms with Crippen molar-refractivity contribution in [2.75, 3.05) is 16.8 Å². The number of nitrogens with zero attached hydrogens (tertiary/aromatic N) is 2. The molecule has 0 bridgehead atoms. The smallest absolute Gasteiger partial charge is 0.324 e. The molecule has 0 saturated carbocycles. The Labute approximate surface area is 213 Å². The molecule has 0 aliphatic carbocycles. The van der Waals surface area contributed by atoms with Gasteiger partial charge in [-0.25, -0.2) is 4.98 Å². The maximum absolute atomic E-state index is 13.3. The van der Waals surface area contributed by atoms with Crippen LogP contribution in [0.1, 0.15) is 16.8 Å². The molecule has 0 unspecified atom stereocenters. The van der Waals surface area contributed by atoms with Gasteiger partial charge in [0.1, 0.15) is 0 Å². The number of hydrogen-bond donors (Lipinski definition) is 1. The lowest BCUT2D eigenvalue weighted by molar-refractivity contribution is -0.138. The molecule has 1 aromatic heterocycles. The number of carbonyl (C=O) groups excluding carboxylic acids is 1. The Morgan fingerprint density at radius 3 is 2.47 bits per heavy atom. The first-order valence-corrected chi connectivity index (χ1v) is 12.5. The van der Waals surface area contributed by atoms with Gasteiger partial charge in [-0.1, -0.05) is 29.4 Å². The first-order chi connectivity index (χ1) is 16.8. The number of aryl methyl sites for hydroxylation is 1. The standard InChI is InChI=1S/C22H14ClF6N3O2S2/c23-14-5-4-12(22(27,28)29)9-16(14)30-17(33)10-36-20-31-15-6-7-35-18(15)19(34)32(20)13-3-1-2-11(8-13)21(24,25)26/h1-5,8-9H,6-7,10H2,(H,30,33). The molecule has 36 heavy (non-hydrogen) atoms. The summed E-state index contributed by atoms with van der Waals surface area (Å²) in [7, 11) is 0. The number of rotatable bonds is 5. The van der Waals surface area contributed by atoms with Crippen LogP contribution in [0.2, 0.25) is 5.02 Å². The summed E-state index contributed by atoms with van der Waals surface area (Å²) in [4.78, 5) is 30.4. The number of aromatic nitrogens is 2. The molecule has 5 nitrogen and oxygen atoms in total. The Kier molecular flexibility index (Phi) is 7.35. The lowest BCUT2D eigenvalue weighted by Crippen LogP contribution is -2.25. The van der Waals surface area contributed by atoms with Crippen molar-refractivity contribution >= 4 is 46.7 Å². The molecular formula is C22H14ClF6N3O2S2. The maximum Gasteiger partial charge on any atom is 0.416 e. The fourth-order valence-corrected chi connectivity index (χ4v) is 5.37. The third-order valence-electron chi connectivity index (χ3n) is 5.00. The van der Waals surface area contributed by atoms with Gasteiger partial charge in [0.15, 0.2) is 5.16 Å². The van der Waals surface area contributed by atoms with Crippen LogP contribution in [-0.2, 0) is 23.6 Å². The van der Waals surface area contributed by atoms with Crippen molar-refractivity contribution in [1.29, 1.82) is 0 Å². The number of carbonyl (C=O) groups is 1. The normalized spacial score (nSPS) is 13.5. The van der Waals surface area contributed by atoms with Crippen LogP contribution < -0.4 is 10.9 Å². The van der Waals surface area contributed by atoms with E-state index in [-0.39, 0.29) is 21.6 Å². The summed E-state index contributed by atoms with van der Waals surface area (Å²) in [5, 5.41) is 2.15. The number of thioether (sulfide) groups is 2. The number of alkyl halides is 6. The van der Waals surface area contributed by atoms with E-state index in [1.54, 1.807) is 0 Å². The Balaban J connectivity index is 1.63. The summed E-state index contributed by atoms with van der Waals surface area (Å²) in [6, 6.07) is 6.60. The van der Waals surface area contributed by atoms with E-state index in [9.17, 15) is 35.9 Å². The van der Waals surface area contributed by atoms with E-state index in [4.69, 9.17) is 11.6 Å². The highest BCUT2D eigenvalue weighted by atomic mass is 35.5. The number of halogens is 7. The molecule has 1 aliphatic heterocycles. The van der Waals surface area contributed by atoms with Gasteiger partial charge in [0.2, 0.25) is 5.91 Å². The monoisotopic (exact) mass is 565 g/mol. The molecule has 1 N–H and O–H groups in total. The Hall–Kier alpha value is -2.64. The minimum absolute atomic E-state index is 0.0223. The van der Waals surface area contributed by atoms with Gasteiger partial charge in [-0.2, -0.15) is 26.3 Å². The Morgan fingerprint density at radius 2 is 1.78 bits per heavy atom. The molecule has 0 radical (unpaired) electrons. The van der Waals surface area contributed by atoms with Crippen LogP contribution in [0, 0.1) is 0 Å². The van der Waals surface area contributed by atoms with Gasteiger partial charge < -0.3 is 5.32 Å². The summed E-state index contributed by atoms with van der Waals surface area (Å²) >= 11 is 7.91. The summed E-state index contributed by atoms with van der Waals surface area (Å²) in [5.74, 6) is -0.576. The number of hydrogen-bond acceptors (Lipinski definition) is 5. The molecule has 2 heterocycles. The molecule has 1 aliphatic rings. The zero-order chi connectivity index (χ0) is 26.3. The number of amides is 1. The van der Waals surface area contributed by atoms with Crippen LogP contribution in [-0.4, -0.2) is 27.0 Å². The number of anilines is 1. The highest BCUT2D eigenvalue weighted by Gasteiger charge is 2.32. The molecule has 0 fully saturated rings. The predicted octanol–water partition coefficient (Wildman–Crippen LogP) is 6.30. The predicted molar refractivity (Wildman–Crippen MR) is 125 cm³/mol. The fourth-order valence-electron chi connectivity index (χ4n) is 3.35. The molecule has 0 saturated heterocycles. The number of benzene rings is 2. The Bertz CT molecular complexity index is 1390. The molecule has 190 valence electrons. The van der Waals surface area contributed by atoms with Gasteiger partial charge in [-0.3, -0.25) is 14.2 Å². The van der Waals surface area contributed by atoms with Crippen LogP contribution in [0.4, 0.5) is 32.0 Å². The average Bonchev–Trinajstić information content (AvgIpc) is 3.27. The highest BCUT2D eigenvalue weighted by Crippen LogP contribution is 2.35. The minimum atomic E-state index is -4.65. The minimum Gasteiger partial charge on any atom is -0.324 e. The van der Waals surface area contributed by atoms with Crippen molar-refractivity contribution in [3.63, 3.8) is 0 Å². The number of nitrogens with one attached hydrogen (secondary N) is 1. The van der Waals surface area contributed by atoms with Crippen molar-refractivity contribution in [1.82, 2.24) is 9.55 Å². The molecule has 0 atom stereocenters. The largest absolute Gasteiger partial charge is 0.416 e. The summed E-state index contributed by atoms with van der Waals surface area (Å²) in [5.41, 5.74) is -2.41. The highest BCUT2D eigenvalue weighted by molar-refractivity contribution is 8.00. The maximum atomic E-state index is 13.3. The third kappa shape index (κ3) is 5.68. The van der Waals surface area contributed by atoms with Crippen molar-refractivity contribution < 1.29 is 31.1 Å². The molecule has 4 rings (SSSR count). The first kappa shape index (κ1) is 26.4. The van der Waals surface area contributed by atoms with E-state index in [1.165, 1.54) is 17.8 Å². The topological polar surface area (TPSA) is 64.0 Å². The van der Waals surface area contributed by atoms with E-state index in [1.807, 2.05) is 0 Å². The lowest BCUT2D eigenvalue weighted by Gasteiger charge is -2.15. The van der Waals surface area contributed by atoms with Crippen molar-refractivity contribution in [3.8, 4) is 5.69 Å². The molecular weight excluding hydrogens is 552 g/mol. The van der Waals surface area contributed by atoms with E-state index in [0.29, 0.717) is 28.8 Å². The average molecular weight is 566 g/mol. The van der Waals surface area contributed by atoms with Crippen LogP contribution in [0.3, 0.4) is 0 Å². The molecule has 1 amide bonds. The van der Waals surface area contributed by atoms with Crippen LogP contribution >= 0.6 is 35.1 Å². The van der Waals surface area contributed by atoms with Gasteiger partial charge in [-0.05, 0) is 36.4 Å². The van der Waals surface area contributed by atoms with Crippen molar-refractivity contribution in [2.24, 2.45) is 0 Å². The summed E-state index contributed by atoms with van der Waals surface area (Å²) < 4.78 is 79.7. The SMILES string of the molecule is O=C(CSc1nc2c(c(=O)n1-c1cccc(C(F)(F)F)c1)SCC2)Nc1cc(C(F)(F)F)ccc1Cl. The first-order valence-electron chi connectivity index (χ1n) is 10.1. The van der Waals surface area contributed by atoms with Gasteiger partial charge in [-0.15, -0.1) is 11.8 Å². The van der Waals surface area contributed by atoms with Gasteiger partial charge in [0.25, 0.3) is 5.56 Å². The fraction of sp³-hybridized carbons (Fsp3) is 0.227. The van der Waals surface area contributed by atoms with E-state index in [2.05, 4.69) is 10.3 Å². The van der Waals surface area contributed by atoms with Crippen LogP contribution in [0.15, 0.2) is 57.3 Å². The van der Waals surface area contributed by atoms with Gasteiger partial charge in [0, 0.05) is 12.2 Å². The summed E-state index contributed by atoms with van der Waals surface area (Å²) in [6.07, 6.45) is -8.82. The lowest BCUT2D eigenvalue weighted by atomic mass is 10.2. The summed E-state index contributed by atoms with van der Waals surface area (Å²) in [6.45, 7) is 0. The second-order valence-corrected chi connectivity index (χ2v) is 9.94. The van der Waals surface area contributed by atoms with E-state index < -0.39 is 40.7 Å².